The predicted octanol–water partition coefficient (Wildman–Crippen LogP) is 3.75. The SMILES string of the molecule is COc1cccc(NC(=O)C(C(=O)OC(C)C)=C2SC=CS2)c1. The number of thioether (sulfide) groups is 2. The lowest BCUT2D eigenvalue weighted by Crippen LogP contribution is -2.25. The molecule has 1 aromatic carbocycles. The van der Waals surface area contributed by atoms with Gasteiger partial charge in [-0.25, -0.2) is 4.79 Å². The molecule has 0 unspecified atom stereocenters. The normalized spacial score (nSPS) is 13.1. The van der Waals surface area contributed by atoms with Crippen molar-refractivity contribution in [1.82, 2.24) is 0 Å². The number of benzene rings is 1. The Bertz CT molecular complexity index is 658. The summed E-state index contributed by atoms with van der Waals surface area (Å²) in [6.07, 6.45) is -0.299. The molecule has 5 nitrogen and oxygen atoms in total. The largest absolute Gasteiger partial charge is 0.497 e. The molecule has 1 heterocycles. The summed E-state index contributed by atoms with van der Waals surface area (Å²) in [6.45, 7) is 3.49. The topological polar surface area (TPSA) is 64.6 Å². The predicted molar refractivity (Wildman–Crippen MR) is 94.2 cm³/mol. The van der Waals surface area contributed by atoms with Crippen molar-refractivity contribution >= 4 is 41.1 Å². The highest BCUT2D eigenvalue weighted by atomic mass is 32.2. The van der Waals surface area contributed by atoms with Gasteiger partial charge in [0.05, 0.1) is 17.5 Å². The van der Waals surface area contributed by atoms with E-state index in [9.17, 15) is 9.59 Å². The molecule has 0 aromatic heterocycles. The number of hydrogen-bond donors (Lipinski definition) is 1. The van der Waals surface area contributed by atoms with Gasteiger partial charge in [0.25, 0.3) is 5.91 Å². The quantitative estimate of drug-likeness (QED) is 0.377. The maximum absolute atomic E-state index is 12.6. The molecule has 0 saturated heterocycles. The highest BCUT2D eigenvalue weighted by Crippen LogP contribution is 2.40. The highest BCUT2D eigenvalue weighted by Gasteiger charge is 2.27. The lowest BCUT2D eigenvalue weighted by atomic mass is 10.2. The van der Waals surface area contributed by atoms with Crippen molar-refractivity contribution in [1.29, 1.82) is 0 Å². The molecule has 1 aliphatic heterocycles. The molecule has 0 spiro atoms. The fraction of sp³-hybridized carbons (Fsp3) is 0.250. The smallest absolute Gasteiger partial charge is 0.345 e. The van der Waals surface area contributed by atoms with Crippen molar-refractivity contribution in [3.8, 4) is 5.75 Å². The molecule has 0 radical (unpaired) electrons. The van der Waals surface area contributed by atoms with Gasteiger partial charge in [-0.1, -0.05) is 29.6 Å². The number of esters is 1. The lowest BCUT2D eigenvalue weighted by molar-refractivity contribution is -0.143. The van der Waals surface area contributed by atoms with Crippen LogP contribution in [0.4, 0.5) is 5.69 Å². The van der Waals surface area contributed by atoms with Gasteiger partial charge in [-0.3, -0.25) is 4.79 Å². The first-order valence-corrected chi connectivity index (χ1v) is 8.66. The third-order valence-corrected chi connectivity index (χ3v) is 4.84. The third-order valence-electron chi connectivity index (χ3n) is 2.71. The fourth-order valence-electron chi connectivity index (χ4n) is 1.76. The van der Waals surface area contributed by atoms with Crippen LogP contribution in [0, 0.1) is 0 Å². The maximum atomic E-state index is 12.6. The van der Waals surface area contributed by atoms with Gasteiger partial charge in [0.2, 0.25) is 0 Å². The first-order valence-electron chi connectivity index (χ1n) is 6.90. The molecule has 1 aliphatic rings. The van der Waals surface area contributed by atoms with Crippen LogP contribution in [0.15, 0.2) is 44.9 Å². The van der Waals surface area contributed by atoms with Crippen molar-refractivity contribution in [2.45, 2.75) is 20.0 Å². The van der Waals surface area contributed by atoms with Crippen LogP contribution in [0.3, 0.4) is 0 Å². The number of anilines is 1. The van der Waals surface area contributed by atoms with E-state index in [0.29, 0.717) is 15.7 Å². The zero-order valence-corrected chi connectivity index (χ0v) is 14.6. The second-order valence-corrected chi connectivity index (χ2v) is 6.90. The standard InChI is InChI=1S/C16H17NO4S2/c1-10(2)21-15(19)13(16-22-7-8-23-16)14(18)17-11-5-4-6-12(9-11)20-3/h4-10H,1-3H3,(H,17,18). The Balaban J connectivity index is 2.23. The highest BCUT2D eigenvalue weighted by molar-refractivity contribution is 8.27. The van der Waals surface area contributed by atoms with E-state index in [0.717, 1.165) is 0 Å². The molecule has 23 heavy (non-hydrogen) atoms. The second kappa shape index (κ2) is 8.12. The van der Waals surface area contributed by atoms with Crippen LogP contribution in [0.5, 0.6) is 5.75 Å². The Kier molecular flexibility index (Phi) is 6.18. The van der Waals surface area contributed by atoms with Crippen LogP contribution >= 0.6 is 23.5 Å². The Hall–Kier alpha value is -1.86. The average molecular weight is 351 g/mol. The van der Waals surface area contributed by atoms with Gasteiger partial charge in [0.1, 0.15) is 11.3 Å². The van der Waals surface area contributed by atoms with E-state index in [1.165, 1.54) is 23.5 Å². The molecule has 0 aliphatic carbocycles. The van der Waals surface area contributed by atoms with E-state index in [4.69, 9.17) is 9.47 Å². The number of carbonyl (C=O) groups is 2. The monoisotopic (exact) mass is 351 g/mol. The Morgan fingerprint density at radius 2 is 1.87 bits per heavy atom. The van der Waals surface area contributed by atoms with Gasteiger partial charge in [-0.05, 0) is 36.8 Å². The Morgan fingerprint density at radius 3 is 2.48 bits per heavy atom. The van der Waals surface area contributed by atoms with Crippen molar-refractivity contribution in [3.05, 3.63) is 44.9 Å². The molecule has 122 valence electrons. The molecular formula is C16H17NO4S2. The summed E-state index contributed by atoms with van der Waals surface area (Å²) in [6, 6.07) is 6.94. The van der Waals surface area contributed by atoms with Crippen molar-refractivity contribution < 1.29 is 19.1 Å². The van der Waals surface area contributed by atoms with Crippen molar-refractivity contribution in [2.24, 2.45) is 0 Å². The fourth-order valence-corrected chi connectivity index (χ4v) is 3.60. The molecule has 0 fully saturated rings. The van der Waals surface area contributed by atoms with Crippen molar-refractivity contribution in [2.75, 3.05) is 12.4 Å². The van der Waals surface area contributed by atoms with E-state index in [1.54, 1.807) is 45.2 Å². The Labute approximate surface area is 143 Å². The summed E-state index contributed by atoms with van der Waals surface area (Å²) in [5.41, 5.74) is 0.562. The van der Waals surface area contributed by atoms with Gasteiger partial charge >= 0.3 is 5.97 Å². The van der Waals surface area contributed by atoms with Crippen LogP contribution in [-0.2, 0) is 14.3 Å². The summed E-state index contributed by atoms with van der Waals surface area (Å²) >= 11 is 2.66. The minimum Gasteiger partial charge on any atom is -0.497 e. The van der Waals surface area contributed by atoms with Crippen LogP contribution in [0.25, 0.3) is 0 Å². The summed E-state index contributed by atoms with van der Waals surface area (Å²) in [5.74, 6) is -0.505. The molecule has 1 aromatic rings. The number of ether oxygens (including phenoxy) is 2. The lowest BCUT2D eigenvalue weighted by Gasteiger charge is -2.13. The maximum Gasteiger partial charge on any atom is 0.345 e. The second-order valence-electron chi connectivity index (χ2n) is 4.81. The number of carbonyl (C=O) groups excluding carboxylic acids is 2. The van der Waals surface area contributed by atoms with Gasteiger partial charge in [-0.2, -0.15) is 0 Å². The summed E-state index contributed by atoms with van der Waals surface area (Å²) < 4.78 is 10.9. The van der Waals surface area contributed by atoms with Crippen LogP contribution in [0.2, 0.25) is 0 Å². The van der Waals surface area contributed by atoms with Crippen molar-refractivity contribution in [3.63, 3.8) is 0 Å². The van der Waals surface area contributed by atoms with E-state index < -0.39 is 11.9 Å². The number of nitrogens with one attached hydrogen (secondary N) is 1. The molecule has 0 saturated carbocycles. The molecule has 1 amide bonds. The molecular weight excluding hydrogens is 334 g/mol. The van der Waals surface area contributed by atoms with Gasteiger partial charge in [0.15, 0.2) is 0 Å². The first-order chi connectivity index (χ1) is 11.0. The number of amides is 1. The van der Waals surface area contributed by atoms with E-state index in [1.807, 2.05) is 10.8 Å². The Morgan fingerprint density at radius 1 is 1.17 bits per heavy atom. The zero-order valence-electron chi connectivity index (χ0n) is 13.0. The summed E-state index contributed by atoms with van der Waals surface area (Å²) in [7, 11) is 1.55. The third kappa shape index (κ3) is 4.80. The van der Waals surface area contributed by atoms with Crippen LogP contribution in [0.1, 0.15) is 13.8 Å². The van der Waals surface area contributed by atoms with Crippen LogP contribution in [-0.4, -0.2) is 25.1 Å². The first kappa shape index (κ1) is 17.5. The van der Waals surface area contributed by atoms with E-state index in [-0.39, 0.29) is 11.7 Å². The summed E-state index contributed by atoms with van der Waals surface area (Å²) in [5, 5.41) is 6.36. The minimum absolute atomic E-state index is 0.0153. The number of rotatable bonds is 5. The number of hydrogen-bond acceptors (Lipinski definition) is 6. The molecule has 0 bridgehead atoms. The van der Waals surface area contributed by atoms with Crippen LogP contribution < -0.4 is 10.1 Å². The molecule has 0 atom stereocenters. The van der Waals surface area contributed by atoms with Gasteiger partial charge in [0, 0.05) is 11.8 Å². The average Bonchev–Trinajstić information content (AvgIpc) is 3.00. The zero-order chi connectivity index (χ0) is 16.8. The van der Waals surface area contributed by atoms with Gasteiger partial charge in [-0.15, -0.1) is 0 Å². The summed E-state index contributed by atoms with van der Waals surface area (Å²) in [4.78, 5) is 24.8. The molecule has 2 rings (SSSR count). The van der Waals surface area contributed by atoms with E-state index in [2.05, 4.69) is 5.32 Å². The van der Waals surface area contributed by atoms with E-state index >= 15 is 0 Å². The molecule has 7 heteroatoms. The van der Waals surface area contributed by atoms with Gasteiger partial charge < -0.3 is 14.8 Å². The molecule has 1 N–H and O–H groups in total. The minimum atomic E-state index is -0.626. The number of methoxy groups -OCH3 is 1.